The first-order chi connectivity index (χ1) is 8.58. The van der Waals surface area contributed by atoms with Gasteiger partial charge in [0.15, 0.2) is 0 Å². The van der Waals surface area contributed by atoms with Crippen LogP contribution in [0.4, 0.5) is 5.69 Å². The molecule has 0 spiro atoms. The van der Waals surface area contributed by atoms with Crippen LogP contribution in [0.3, 0.4) is 0 Å². The van der Waals surface area contributed by atoms with E-state index in [9.17, 15) is 0 Å². The van der Waals surface area contributed by atoms with Crippen molar-refractivity contribution in [2.45, 2.75) is 26.8 Å². The summed E-state index contributed by atoms with van der Waals surface area (Å²) >= 11 is 5.86. The van der Waals surface area contributed by atoms with Gasteiger partial charge in [0, 0.05) is 6.04 Å². The zero-order valence-corrected chi connectivity index (χ0v) is 11.6. The van der Waals surface area contributed by atoms with Gasteiger partial charge in [0.25, 0.3) is 0 Å². The third kappa shape index (κ3) is 2.82. The predicted molar refractivity (Wildman–Crippen MR) is 77.2 cm³/mol. The van der Waals surface area contributed by atoms with Crippen molar-refractivity contribution < 1.29 is 0 Å². The zero-order chi connectivity index (χ0) is 13.1. The summed E-state index contributed by atoms with van der Waals surface area (Å²) in [6.45, 7) is 6.30. The minimum absolute atomic E-state index is 0.243. The van der Waals surface area contributed by atoms with E-state index < -0.39 is 0 Å². The van der Waals surface area contributed by atoms with Crippen LogP contribution in [-0.2, 0) is 0 Å². The van der Waals surface area contributed by atoms with Gasteiger partial charge in [0.2, 0.25) is 0 Å². The van der Waals surface area contributed by atoms with E-state index in [1.54, 1.807) is 6.20 Å². The van der Waals surface area contributed by atoms with E-state index >= 15 is 0 Å². The number of nitrogens with one attached hydrogen (secondary N) is 1. The molecule has 1 aromatic heterocycles. The largest absolute Gasteiger partial charge is 0.377 e. The maximum absolute atomic E-state index is 5.86. The Morgan fingerprint density at radius 1 is 1.17 bits per heavy atom. The Kier molecular flexibility index (Phi) is 3.87. The molecule has 0 amide bonds. The molecule has 18 heavy (non-hydrogen) atoms. The second-order valence-electron chi connectivity index (χ2n) is 4.54. The van der Waals surface area contributed by atoms with Gasteiger partial charge in [-0.05, 0) is 43.5 Å². The smallest absolute Gasteiger partial charge is 0.129 e. The molecular weight excluding hydrogens is 244 g/mol. The van der Waals surface area contributed by atoms with Gasteiger partial charge < -0.3 is 5.32 Å². The number of hydrogen-bond acceptors (Lipinski definition) is 2. The lowest BCUT2D eigenvalue weighted by atomic mass is 10.0. The summed E-state index contributed by atoms with van der Waals surface area (Å²) in [5.41, 5.74) is 4.72. The summed E-state index contributed by atoms with van der Waals surface area (Å²) in [5, 5.41) is 4.00. The second kappa shape index (κ2) is 5.40. The van der Waals surface area contributed by atoms with Crippen LogP contribution < -0.4 is 5.32 Å². The van der Waals surface area contributed by atoms with Crippen molar-refractivity contribution in [2.24, 2.45) is 0 Å². The summed E-state index contributed by atoms with van der Waals surface area (Å²) in [7, 11) is 0. The van der Waals surface area contributed by atoms with Crippen LogP contribution in [-0.4, -0.2) is 4.98 Å². The quantitative estimate of drug-likeness (QED) is 0.821. The molecule has 0 aliphatic carbocycles. The van der Waals surface area contributed by atoms with Crippen LogP contribution >= 0.6 is 11.6 Å². The van der Waals surface area contributed by atoms with Gasteiger partial charge in [-0.25, -0.2) is 4.98 Å². The minimum atomic E-state index is 0.243. The number of halogens is 1. The van der Waals surface area contributed by atoms with Crippen LogP contribution in [0, 0.1) is 13.8 Å². The highest BCUT2D eigenvalue weighted by Crippen LogP contribution is 2.24. The number of nitrogens with zero attached hydrogens (tertiary/aromatic N) is 1. The Bertz CT molecular complexity index is 552. The van der Waals surface area contributed by atoms with Crippen LogP contribution in [0.25, 0.3) is 0 Å². The summed E-state index contributed by atoms with van der Waals surface area (Å²) < 4.78 is 0. The van der Waals surface area contributed by atoms with Gasteiger partial charge >= 0.3 is 0 Å². The van der Waals surface area contributed by atoms with Gasteiger partial charge in [-0.15, -0.1) is 0 Å². The first kappa shape index (κ1) is 12.9. The van der Waals surface area contributed by atoms with Crippen molar-refractivity contribution in [1.29, 1.82) is 0 Å². The normalized spacial score (nSPS) is 12.2. The maximum Gasteiger partial charge on any atom is 0.129 e. The number of pyridine rings is 1. The van der Waals surface area contributed by atoms with Crippen LogP contribution in [0.2, 0.25) is 5.15 Å². The monoisotopic (exact) mass is 260 g/mol. The molecule has 0 radical (unpaired) electrons. The van der Waals surface area contributed by atoms with Crippen molar-refractivity contribution in [1.82, 2.24) is 4.98 Å². The number of hydrogen-bond donors (Lipinski definition) is 1. The molecule has 1 atom stereocenters. The summed E-state index contributed by atoms with van der Waals surface area (Å²) in [5.74, 6) is 0. The maximum atomic E-state index is 5.86. The molecular formula is C15H17ClN2. The molecule has 0 bridgehead atoms. The molecule has 1 aromatic carbocycles. The number of anilines is 1. The van der Waals surface area contributed by atoms with Crippen LogP contribution in [0.1, 0.15) is 29.7 Å². The van der Waals surface area contributed by atoms with Crippen molar-refractivity contribution in [3.8, 4) is 0 Å². The van der Waals surface area contributed by atoms with E-state index in [1.807, 2.05) is 13.0 Å². The fraction of sp³-hybridized carbons (Fsp3) is 0.267. The molecule has 1 unspecified atom stereocenters. The van der Waals surface area contributed by atoms with E-state index in [4.69, 9.17) is 11.6 Å². The molecule has 0 aliphatic rings. The predicted octanol–water partition coefficient (Wildman–Crippen LogP) is 4.52. The highest BCUT2D eigenvalue weighted by Gasteiger charge is 2.09. The van der Waals surface area contributed by atoms with E-state index in [-0.39, 0.29) is 6.04 Å². The van der Waals surface area contributed by atoms with Gasteiger partial charge in [-0.2, -0.15) is 0 Å². The van der Waals surface area contributed by atoms with Crippen LogP contribution in [0.5, 0.6) is 0 Å². The Balaban J connectivity index is 2.21. The van der Waals surface area contributed by atoms with Crippen molar-refractivity contribution >= 4 is 17.3 Å². The van der Waals surface area contributed by atoms with Gasteiger partial charge in [-0.1, -0.05) is 35.9 Å². The first-order valence-corrected chi connectivity index (χ1v) is 6.40. The lowest BCUT2D eigenvalue weighted by molar-refractivity contribution is 0.870. The number of aromatic nitrogens is 1. The average molecular weight is 261 g/mol. The number of benzene rings is 1. The van der Waals surface area contributed by atoms with E-state index in [1.165, 1.54) is 11.1 Å². The summed E-state index contributed by atoms with van der Waals surface area (Å²) in [4.78, 5) is 4.11. The van der Waals surface area contributed by atoms with E-state index in [0.717, 1.165) is 11.3 Å². The minimum Gasteiger partial charge on any atom is -0.377 e. The molecule has 94 valence electrons. The molecule has 0 fully saturated rings. The summed E-state index contributed by atoms with van der Waals surface area (Å²) in [6, 6.07) is 10.5. The highest BCUT2D eigenvalue weighted by atomic mass is 35.5. The van der Waals surface area contributed by atoms with Gasteiger partial charge in [0.05, 0.1) is 11.9 Å². The Morgan fingerprint density at radius 3 is 2.56 bits per heavy atom. The zero-order valence-electron chi connectivity index (χ0n) is 10.9. The van der Waals surface area contributed by atoms with E-state index in [2.05, 4.69) is 48.4 Å². The average Bonchev–Trinajstić information content (AvgIpc) is 2.33. The molecule has 3 heteroatoms. The Labute approximate surface area is 113 Å². The highest BCUT2D eigenvalue weighted by molar-refractivity contribution is 6.29. The number of aryl methyl sites for hydroxylation is 2. The number of rotatable bonds is 3. The van der Waals surface area contributed by atoms with Crippen molar-refractivity contribution in [3.05, 3.63) is 58.4 Å². The van der Waals surface area contributed by atoms with Crippen LogP contribution in [0.15, 0.2) is 36.5 Å². The third-order valence-electron chi connectivity index (χ3n) is 3.10. The first-order valence-electron chi connectivity index (χ1n) is 6.02. The molecule has 1 heterocycles. The van der Waals surface area contributed by atoms with Gasteiger partial charge in [-0.3, -0.25) is 0 Å². The van der Waals surface area contributed by atoms with Gasteiger partial charge in [0.1, 0.15) is 5.15 Å². The third-order valence-corrected chi connectivity index (χ3v) is 3.31. The lowest BCUT2D eigenvalue weighted by Crippen LogP contribution is -2.09. The SMILES string of the molecule is Cc1cc(Cl)ncc1NC(C)c1ccccc1C. The second-order valence-corrected chi connectivity index (χ2v) is 4.93. The molecule has 2 rings (SSSR count). The Hall–Kier alpha value is -1.54. The van der Waals surface area contributed by atoms with Crippen molar-refractivity contribution in [2.75, 3.05) is 5.32 Å². The Morgan fingerprint density at radius 2 is 1.89 bits per heavy atom. The molecule has 2 aromatic rings. The lowest BCUT2D eigenvalue weighted by Gasteiger charge is -2.19. The topological polar surface area (TPSA) is 24.9 Å². The standard InChI is InChI=1S/C15H17ClN2/c1-10-6-4-5-7-13(10)12(3)18-14-9-17-15(16)8-11(14)2/h4-9,12,18H,1-3H3. The molecule has 1 N–H and O–H groups in total. The molecule has 0 aliphatic heterocycles. The fourth-order valence-electron chi connectivity index (χ4n) is 2.06. The molecule has 0 saturated carbocycles. The molecule has 0 saturated heterocycles. The van der Waals surface area contributed by atoms with E-state index in [0.29, 0.717) is 5.15 Å². The van der Waals surface area contributed by atoms with Crippen molar-refractivity contribution in [3.63, 3.8) is 0 Å². The molecule has 2 nitrogen and oxygen atoms in total. The summed E-state index contributed by atoms with van der Waals surface area (Å²) in [6.07, 6.45) is 1.78. The fourth-order valence-corrected chi connectivity index (χ4v) is 2.27.